The third-order valence-corrected chi connectivity index (χ3v) is 11.2. The van der Waals surface area contributed by atoms with Crippen LogP contribution in [0.2, 0.25) is 0 Å². The number of hydrogen-bond acceptors (Lipinski definition) is 3. The molecule has 0 unspecified atom stereocenters. The summed E-state index contributed by atoms with van der Waals surface area (Å²) in [6.07, 6.45) is 1.90. The van der Waals surface area contributed by atoms with Gasteiger partial charge in [0, 0.05) is 43.9 Å². The van der Waals surface area contributed by atoms with Crippen LogP contribution in [0.15, 0.2) is 182 Å². The number of para-hydroxylation sites is 3. The number of hydroxylamine groups is 1. The van der Waals surface area contributed by atoms with Crippen molar-refractivity contribution in [3.8, 4) is 16.9 Å². The van der Waals surface area contributed by atoms with Crippen molar-refractivity contribution in [2.75, 3.05) is 17.1 Å². The van der Waals surface area contributed by atoms with Gasteiger partial charge in [0.1, 0.15) is 17.2 Å². The van der Waals surface area contributed by atoms with Crippen LogP contribution in [-0.2, 0) is 26.5 Å². The molecule has 0 aliphatic carbocycles. The van der Waals surface area contributed by atoms with Gasteiger partial charge in [-0.05, 0) is 69.5 Å². The first-order valence-corrected chi connectivity index (χ1v) is 19.3. The molecule has 10 rings (SSSR count). The molecule has 0 radical (unpaired) electrons. The van der Waals surface area contributed by atoms with Crippen molar-refractivity contribution in [2.45, 2.75) is 25.2 Å². The first-order chi connectivity index (χ1) is 29.2. The van der Waals surface area contributed by atoms with Crippen LogP contribution in [-0.4, -0.2) is 21.5 Å². The summed E-state index contributed by atoms with van der Waals surface area (Å²) in [5.74, 6) is 1.16. The van der Waals surface area contributed by atoms with Crippen LogP contribution in [0.25, 0.3) is 38.8 Å². The van der Waals surface area contributed by atoms with E-state index in [0.717, 1.165) is 60.5 Å². The van der Waals surface area contributed by atoms with Gasteiger partial charge < -0.3 is 4.57 Å². The third kappa shape index (κ3) is 6.05. The van der Waals surface area contributed by atoms with Crippen LogP contribution >= 0.6 is 0 Å². The number of hydrogen-bond donors (Lipinski definition) is 0. The second-order valence-electron chi connectivity index (χ2n) is 14.8. The normalized spacial score (nSPS) is 13.6. The summed E-state index contributed by atoms with van der Waals surface area (Å²) in [5, 5.41) is 4.95. The van der Waals surface area contributed by atoms with Crippen LogP contribution in [0, 0.1) is 12.1 Å². The molecule has 5 nitrogen and oxygen atoms in total. The summed E-state index contributed by atoms with van der Waals surface area (Å²) in [5.41, 5.74) is 10.2. The SMILES string of the molecule is [2H]C([2H])([2H])N1[OH+]N(c2[c-]c(C(c3[c-]c4c(cc3)c3ccccc3n4-c3cc(-c4ccccc4C(C)C)ccn3)(c3ccccc3)c3ccccc3)ccc2)c2ccccc21.[Pt]. The fraction of sp³-hybridized carbons (Fsp3) is 0.0962. The molecule has 6 heteroatoms. The van der Waals surface area contributed by atoms with E-state index >= 15 is 0 Å². The Kier molecular flexibility index (Phi) is 8.89. The summed E-state index contributed by atoms with van der Waals surface area (Å²) in [7, 11) is 0. The van der Waals surface area contributed by atoms with Crippen LogP contribution in [0.5, 0.6) is 0 Å². The Hall–Kier alpha value is -6.26. The average Bonchev–Trinajstić information content (AvgIpc) is 3.85. The maximum absolute atomic E-state index is 8.28. The van der Waals surface area contributed by atoms with Gasteiger partial charge >= 0.3 is 0 Å². The summed E-state index contributed by atoms with van der Waals surface area (Å²) < 4.78 is 27.1. The predicted octanol–water partition coefficient (Wildman–Crippen LogP) is 12.4. The van der Waals surface area contributed by atoms with Gasteiger partial charge in [-0.1, -0.05) is 135 Å². The van der Waals surface area contributed by atoms with Crippen molar-refractivity contribution in [3.05, 3.63) is 222 Å². The fourth-order valence-corrected chi connectivity index (χ4v) is 8.62. The molecule has 1 N–H and O–H groups in total. The van der Waals surface area contributed by atoms with E-state index in [1.165, 1.54) is 11.1 Å². The molecule has 2 aromatic heterocycles. The molecule has 0 spiro atoms. The molecule has 1 aliphatic rings. The van der Waals surface area contributed by atoms with Gasteiger partial charge in [0.05, 0.1) is 11.1 Å². The molecule has 1 aliphatic heterocycles. The first kappa shape index (κ1) is 33.8. The van der Waals surface area contributed by atoms with E-state index in [1.54, 1.807) is 11.1 Å². The summed E-state index contributed by atoms with van der Waals surface area (Å²) in [6.45, 7) is 1.98. The smallest absolute Gasteiger partial charge is 0.145 e. The Morgan fingerprint density at radius 1 is 0.638 bits per heavy atom. The minimum Gasteiger partial charge on any atom is -0.319 e. The van der Waals surface area contributed by atoms with Crippen LogP contribution in [0.4, 0.5) is 17.1 Å². The monoisotopic (exact) mass is 935 g/mol. The molecule has 9 aromatic rings. The summed E-state index contributed by atoms with van der Waals surface area (Å²) in [4.78, 5) is 9.67. The number of benzene rings is 7. The molecule has 3 heterocycles. The zero-order valence-corrected chi connectivity index (χ0v) is 34.2. The number of fused-ring (bicyclic) bond motifs is 4. The van der Waals surface area contributed by atoms with Gasteiger partial charge in [0.2, 0.25) is 0 Å². The van der Waals surface area contributed by atoms with E-state index in [1.807, 2.05) is 48.7 Å². The van der Waals surface area contributed by atoms with E-state index < -0.39 is 12.4 Å². The van der Waals surface area contributed by atoms with Crippen LogP contribution < -0.4 is 10.1 Å². The van der Waals surface area contributed by atoms with E-state index in [0.29, 0.717) is 23.0 Å². The maximum Gasteiger partial charge on any atom is 0.145 e. The second-order valence-corrected chi connectivity index (χ2v) is 14.8. The van der Waals surface area contributed by atoms with Crippen LogP contribution in [0.1, 0.15) is 51.7 Å². The van der Waals surface area contributed by atoms with Crippen LogP contribution in [0.3, 0.4) is 0 Å². The molecule has 0 bridgehead atoms. The molecular weight excluding hydrogens is 892 g/mol. The van der Waals surface area contributed by atoms with E-state index in [-0.39, 0.29) is 21.1 Å². The van der Waals surface area contributed by atoms with Crippen molar-refractivity contribution in [1.82, 2.24) is 9.55 Å². The van der Waals surface area contributed by atoms with Gasteiger partial charge in [0.25, 0.3) is 0 Å². The Morgan fingerprint density at radius 2 is 1.31 bits per heavy atom. The van der Waals surface area contributed by atoms with E-state index in [9.17, 15) is 0 Å². The predicted molar refractivity (Wildman–Crippen MR) is 233 cm³/mol. The number of anilines is 3. The first-order valence-electron chi connectivity index (χ1n) is 20.8. The largest absolute Gasteiger partial charge is 0.319 e. The van der Waals surface area contributed by atoms with Gasteiger partial charge in [-0.15, -0.1) is 38.8 Å². The average molecular weight is 936 g/mol. The van der Waals surface area contributed by atoms with E-state index in [2.05, 4.69) is 163 Å². The molecule has 286 valence electrons. The molecule has 0 amide bonds. The van der Waals surface area contributed by atoms with Crippen molar-refractivity contribution in [1.29, 1.82) is 0 Å². The van der Waals surface area contributed by atoms with Crippen molar-refractivity contribution in [3.63, 3.8) is 0 Å². The van der Waals surface area contributed by atoms with Crippen molar-refractivity contribution in [2.24, 2.45) is 0 Å². The molecule has 0 fully saturated rings. The van der Waals surface area contributed by atoms with Crippen molar-refractivity contribution >= 4 is 38.9 Å². The standard InChI is InChI=1S/C52H40N4O.Pt/c1-36(2)43-23-10-11-24-44(43)37-31-32-53-51(33-37)55-47-26-13-12-25-45(47)46-30-29-41(35-50(46)55)52(38-17-6-4-7-18-38,39-19-8-5-9-20-39)40-21-16-22-42(34-40)56-49-28-15-14-27-48(49)54(3)57-56;/h4-33,36H,1-3H3;/q-2;/p+1/i3D3;. The Balaban J connectivity index is 0.00000476. The molecule has 0 saturated heterocycles. The second kappa shape index (κ2) is 15.2. The van der Waals surface area contributed by atoms with Gasteiger partial charge in [-0.3, -0.25) is 0 Å². The molecule has 0 atom stereocenters. The maximum atomic E-state index is 8.28. The quantitative estimate of drug-likeness (QED) is 0.0865. The molecule has 58 heavy (non-hydrogen) atoms. The Bertz CT molecular complexity index is 2980. The fourth-order valence-electron chi connectivity index (χ4n) is 8.62. The van der Waals surface area contributed by atoms with E-state index in [4.69, 9.17) is 9.10 Å². The summed E-state index contributed by atoms with van der Waals surface area (Å²) in [6, 6.07) is 67.9. The Morgan fingerprint density at radius 3 is 2.07 bits per heavy atom. The van der Waals surface area contributed by atoms with Gasteiger partial charge in [-0.25, -0.2) is 4.98 Å². The zero-order valence-electron chi connectivity index (χ0n) is 35.0. The molecular formula is C52H41N4OPt-. The van der Waals surface area contributed by atoms with Gasteiger partial charge in [0.15, 0.2) is 0 Å². The Labute approximate surface area is 358 Å². The minimum absolute atomic E-state index is 0. The topological polar surface area (TPSA) is 37.1 Å². The molecule has 7 aromatic carbocycles. The number of rotatable bonds is 8. The summed E-state index contributed by atoms with van der Waals surface area (Å²) >= 11 is 0. The minimum atomic E-state index is -2.48. The number of nitrogens with zero attached hydrogens (tertiary/aromatic N) is 4. The number of aromatic nitrogens is 2. The van der Waals surface area contributed by atoms with Gasteiger partial charge in [-0.2, -0.15) is 35.3 Å². The number of pyridine rings is 1. The zero-order chi connectivity index (χ0) is 41.0. The third-order valence-electron chi connectivity index (χ3n) is 11.2. The van der Waals surface area contributed by atoms with Crippen molar-refractivity contribution < 1.29 is 30.1 Å². The molecule has 0 saturated carbocycles.